The summed E-state index contributed by atoms with van der Waals surface area (Å²) in [4.78, 5) is 10.9. The molecule has 0 unspecified atom stereocenters. The highest BCUT2D eigenvalue weighted by Gasteiger charge is 2.32. The zero-order chi connectivity index (χ0) is 7.78. The zero-order valence-corrected chi connectivity index (χ0v) is 6.26. The summed E-state index contributed by atoms with van der Waals surface area (Å²) in [5.74, 6) is 5.30. The van der Waals surface area contributed by atoms with Crippen molar-refractivity contribution in [2.75, 3.05) is 13.2 Å². The van der Waals surface area contributed by atoms with Crippen LogP contribution in [0.25, 0.3) is 0 Å². The Morgan fingerprint density at radius 1 is 1.70 bits per heavy atom. The Hall–Kier alpha value is -0.610. The summed E-state index contributed by atoms with van der Waals surface area (Å²) in [6.07, 6.45) is 0. The van der Waals surface area contributed by atoms with E-state index in [1.807, 2.05) is 13.8 Å². The van der Waals surface area contributed by atoms with Gasteiger partial charge in [0.25, 0.3) is 5.91 Å². The van der Waals surface area contributed by atoms with Gasteiger partial charge in [0.15, 0.2) is 0 Å². The third kappa shape index (κ3) is 1.12. The molecular weight excluding hydrogens is 132 g/mol. The van der Waals surface area contributed by atoms with E-state index >= 15 is 0 Å². The molecule has 0 aromatic carbocycles. The summed E-state index contributed by atoms with van der Waals surface area (Å²) in [6.45, 7) is 4.35. The Balaban J connectivity index is 2.69. The number of carbonyl (C=O) groups is 1. The molecule has 4 heteroatoms. The van der Waals surface area contributed by atoms with Crippen LogP contribution in [-0.4, -0.2) is 29.7 Å². The van der Waals surface area contributed by atoms with Crippen molar-refractivity contribution in [3.8, 4) is 0 Å². The fourth-order valence-corrected chi connectivity index (χ4v) is 0.865. The average molecular weight is 144 g/mol. The molecule has 0 aliphatic carbocycles. The van der Waals surface area contributed by atoms with Crippen LogP contribution in [0.3, 0.4) is 0 Å². The van der Waals surface area contributed by atoms with Crippen LogP contribution in [0.4, 0.5) is 0 Å². The van der Waals surface area contributed by atoms with Crippen molar-refractivity contribution in [1.82, 2.24) is 5.01 Å². The molecule has 1 rings (SSSR count). The van der Waals surface area contributed by atoms with Gasteiger partial charge in [-0.2, -0.15) is 0 Å². The maximum Gasteiger partial charge on any atom is 0.263 e. The molecule has 1 amide bonds. The zero-order valence-electron chi connectivity index (χ0n) is 6.26. The first-order valence-corrected chi connectivity index (χ1v) is 3.19. The molecule has 58 valence electrons. The topological polar surface area (TPSA) is 55.6 Å². The highest BCUT2D eigenvalue weighted by molar-refractivity contribution is 5.78. The highest BCUT2D eigenvalue weighted by atomic mass is 16.5. The van der Waals surface area contributed by atoms with E-state index in [-0.39, 0.29) is 18.1 Å². The minimum Gasteiger partial charge on any atom is -0.369 e. The lowest BCUT2D eigenvalue weighted by atomic mass is 10.1. The molecule has 1 saturated heterocycles. The molecule has 0 saturated carbocycles. The fraction of sp³-hybridized carbons (Fsp3) is 0.833. The maximum absolute atomic E-state index is 10.9. The number of rotatable bonds is 0. The third-order valence-corrected chi connectivity index (χ3v) is 1.60. The van der Waals surface area contributed by atoms with Gasteiger partial charge in [0.05, 0.1) is 12.1 Å². The third-order valence-electron chi connectivity index (χ3n) is 1.60. The molecule has 0 aromatic rings. The summed E-state index contributed by atoms with van der Waals surface area (Å²) in [7, 11) is 0. The predicted molar refractivity (Wildman–Crippen MR) is 35.9 cm³/mol. The van der Waals surface area contributed by atoms with Gasteiger partial charge in [-0.3, -0.25) is 9.80 Å². The van der Waals surface area contributed by atoms with Crippen LogP contribution in [0, 0.1) is 0 Å². The molecule has 0 radical (unpaired) electrons. The molecule has 0 spiro atoms. The summed E-state index contributed by atoms with van der Waals surface area (Å²) >= 11 is 0. The first-order chi connectivity index (χ1) is 4.54. The van der Waals surface area contributed by atoms with Gasteiger partial charge < -0.3 is 4.74 Å². The lowest BCUT2D eigenvalue weighted by Gasteiger charge is -2.38. The minimum absolute atomic E-state index is 0.111. The normalized spacial score (nSPS) is 25.1. The Morgan fingerprint density at radius 3 is 2.70 bits per heavy atom. The van der Waals surface area contributed by atoms with Crippen LogP contribution in [0.1, 0.15) is 13.8 Å². The smallest absolute Gasteiger partial charge is 0.263 e. The van der Waals surface area contributed by atoms with Gasteiger partial charge in [-0.1, -0.05) is 0 Å². The number of nitrogens with zero attached hydrogens (tertiary/aromatic N) is 1. The van der Waals surface area contributed by atoms with E-state index in [2.05, 4.69) is 0 Å². The first-order valence-electron chi connectivity index (χ1n) is 3.19. The Kier molecular flexibility index (Phi) is 1.66. The second-order valence-electron chi connectivity index (χ2n) is 3.07. The largest absolute Gasteiger partial charge is 0.369 e. The van der Waals surface area contributed by atoms with E-state index in [1.54, 1.807) is 0 Å². The number of ether oxygens (including phenoxy) is 1. The van der Waals surface area contributed by atoms with E-state index < -0.39 is 0 Å². The first kappa shape index (κ1) is 7.50. The van der Waals surface area contributed by atoms with Gasteiger partial charge in [-0.05, 0) is 13.8 Å². The van der Waals surface area contributed by atoms with Crippen LogP contribution < -0.4 is 5.84 Å². The van der Waals surface area contributed by atoms with Crippen LogP contribution in [0.15, 0.2) is 0 Å². The molecule has 1 fully saturated rings. The minimum atomic E-state index is -0.352. The van der Waals surface area contributed by atoms with Crippen LogP contribution in [0.5, 0.6) is 0 Å². The Morgan fingerprint density at radius 2 is 2.30 bits per heavy atom. The second kappa shape index (κ2) is 2.21. The lowest BCUT2D eigenvalue weighted by molar-refractivity contribution is -0.155. The van der Waals surface area contributed by atoms with E-state index in [0.717, 1.165) is 0 Å². The number of nitrogens with two attached hydrogens (primary N) is 1. The molecule has 0 bridgehead atoms. The number of hydrogen-bond acceptors (Lipinski definition) is 3. The van der Waals surface area contributed by atoms with Crippen molar-refractivity contribution in [1.29, 1.82) is 0 Å². The van der Waals surface area contributed by atoms with Gasteiger partial charge >= 0.3 is 0 Å². The van der Waals surface area contributed by atoms with Crippen molar-refractivity contribution in [2.24, 2.45) is 5.84 Å². The molecule has 10 heavy (non-hydrogen) atoms. The number of hydrogen-bond donors (Lipinski definition) is 1. The van der Waals surface area contributed by atoms with Gasteiger partial charge in [-0.15, -0.1) is 0 Å². The quantitative estimate of drug-likeness (QED) is 0.368. The van der Waals surface area contributed by atoms with Gasteiger partial charge in [0.2, 0.25) is 0 Å². The van der Waals surface area contributed by atoms with Gasteiger partial charge in [0, 0.05) is 0 Å². The molecule has 0 atom stereocenters. The van der Waals surface area contributed by atoms with Crippen LogP contribution >= 0.6 is 0 Å². The monoisotopic (exact) mass is 144 g/mol. The van der Waals surface area contributed by atoms with E-state index in [0.29, 0.717) is 6.61 Å². The van der Waals surface area contributed by atoms with Crippen LogP contribution in [0.2, 0.25) is 0 Å². The van der Waals surface area contributed by atoms with E-state index in [1.165, 1.54) is 5.01 Å². The number of morpholine rings is 1. The van der Waals surface area contributed by atoms with E-state index in [4.69, 9.17) is 10.6 Å². The lowest BCUT2D eigenvalue weighted by Crippen LogP contribution is -2.59. The highest BCUT2D eigenvalue weighted by Crippen LogP contribution is 2.14. The molecule has 1 heterocycles. The molecule has 1 aliphatic heterocycles. The molecule has 2 N–H and O–H groups in total. The Bertz CT molecular complexity index is 156. The number of carbonyl (C=O) groups excluding carboxylic acids is 1. The average Bonchev–Trinajstić information content (AvgIpc) is 1.83. The Labute approximate surface area is 59.9 Å². The maximum atomic E-state index is 10.9. The fourth-order valence-electron chi connectivity index (χ4n) is 0.865. The van der Waals surface area contributed by atoms with Crippen molar-refractivity contribution >= 4 is 5.91 Å². The van der Waals surface area contributed by atoms with Gasteiger partial charge in [-0.25, -0.2) is 5.84 Å². The second-order valence-corrected chi connectivity index (χ2v) is 3.07. The summed E-state index contributed by atoms with van der Waals surface area (Å²) in [6, 6.07) is 0. The van der Waals surface area contributed by atoms with Crippen molar-refractivity contribution < 1.29 is 9.53 Å². The van der Waals surface area contributed by atoms with Crippen molar-refractivity contribution in [3.63, 3.8) is 0 Å². The summed E-state index contributed by atoms with van der Waals surface area (Å²) in [5.41, 5.74) is -0.352. The SMILES string of the molecule is CC1(C)COCC(=O)N1N. The van der Waals surface area contributed by atoms with Crippen LogP contribution in [-0.2, 0) is 9.53 Å². The molecule has 4 nitrogen and oxygen atoms in total. The summed E-state index contributed by atoms with van der Waals surface area (Å²) in [5, 5.41) is 1.23. The molecule has 0 aromatic heterocycles. The standard InChI is InChI=1S/C6H12N2O2/c1-6(2)4-10-3-5(9)8(6)7/h3-4,7H2,1-2H3. The van der Waals surface area contributed by atoms with Gasteiger partial charge in [0.1, 0.15) is 6.61 Å². The number of hydrazine groups is 1. The van der Waals surface area contributed by atoms with Crippen molar-refractivity contribution in [2.45, 2.75) is 19.4 Å². The summed E-state index contributed by atoms with van der Waals surface area (Å²) < 4.78 is 5.00. The predicted octanol–water partition coefficient (Wildman–Crippen LogP) is -0.502. The molecular formula is C6H12N2O2. The number of amides is 1. The molecule has 1 aliphatic rings. The van der Waals surface area contributed by atoms with E-state index in [9.17, 15) is 4.79 Å². The van der Waals surface area contributed by atoms with Crippen molar-refractivity contribution in [3.05, 3.63) is 0 Å².